The van der Waals surface area contributed by atoms with Gasteiger partial charge in [0.1, 0.15) is 0 Å². The normalized spacial score (nSPS) is 7.67. The van der Waals surface area contributed by atoms with Gasteiger partial charge in [0.2, 0.25) is 0 Å². The zero-order chi connectivity index (χ0) is 4.83. The first-order chi connectivity index (χ1) is 2.91. The van der Waals surface area contributed by atoms with Gasteiger partial charge in [0.25, 0.3) is 0 Å². The fourth-order valence-corrected chi connectivity index (χ4v) is 0.161. The van der Waals surface area contributed by atoms with Crippen molar-refractivity contribution < 1.29 is 27.5 Å². The van der Waals surface area contributed by atoms with E-state index in [-0.39, 0.29) is 37.2 Å². The van der Waals surface area contributed by atoms with Gasteiger partial charge in [0.05, 0.1) is 6.26 Å². The molecule has 61 valence electrons. The minimum absolute atomic E-state index is 0. The van der Waals surface area contributed by atoms with Crippen LogP contribution in [0.15, 0.2) is 24.5 Å². The molecule has 0 atom stereocenters. The molecule has 0 spiro atoms. The fourth-order valence-electron chi connectivity index (χ4n) is 0.161. The van der Waals surface area contributed by atoms with Crippen molar-refractivity contribution in [2.75, 3.05) is 0 Å². The first-order valence-electron chi connectivity index (χ1n) is 1.84. The smallest absolute Gasteiger partial charge is 0.0791 e. The molecule has 1 N–H and O–H groups in total. The number of aliphatic hydroxyl groups is 1. The Kier molecular flexibility index (Phi) is 62.6. The van der Waals surface area contributed by atoms with Crippen molar-refractivity contribution in [3.8, 4) is 0 Å². The van der Waals surface area contributed by atoms with E-state index < -0.39 is 0 Å². The third kappa shape index (κ3) is 31.9. The summed E-state index contributed by atoms with van der Waals surface area (Å²) < 4.78 is 0. The Morgan fingerprint density at radius 2 is 1.56 bits per heavy atom. The third-order valence-corrected chi connectivity index (χ3v) is 0.390. The quantitative estimate of drug-likeness (QED) is 0.341. The van der Waals surface area contributed by atoms with Crippen LogP contribution in [0.4, 0.5) is 0 Å². The number of hydrogen-bond donors (Lipinski definition) is 1. The molecule has 0 aliphatic rings. The maximum Gasteiger partial charge on any atom is 0.0791 e. The van der Waals surface area contributed by atoms with Crippen molar-refractivity contribution >= 4 is 0 Å². The van der Waals surface area contributed by atoms with Gasteiger partial charge in [-0.3, -0.25) is 0 Å². The van der Waals surface area contributed by atoms with E-state index in [1.54, 1.807) is 12.2 Å². The van der Waals surface area contributed by atoms with Crippen molar-refractivity contribution in [1.29, 1.82) is 0 Å². The summed E-state index contributed by atoms with van der Waals surface area (Å²) in [5.41, 5.74) is 0. The van der Waals surface area contributed by atoms with Crippen LogP contribution < -0.4 is 0 Å². The molecular weight excluding hydrogens is 297 g/mol. The van der Waals surface area contributed by atoms with Crippen LogP contribution in [0, 0.1) is 14.9 Å². The summed E-state index contributed by atoms with van der Waals surface area (Å²) in [5.74, 6) is 0. The maximum absolute atomic E-state index is 7.97. The third-order valence-electron chi connectivity index (χ3n) is 0.390. The van der Waals surface area contributed by atoms with Gasteiger partial charge < -0.3 is 20.0 Å². The second-order valence-corrected chi connectivity index (χ2v) is 0.867. The second-order valence-electron chi connectivity index (χ2n) is 0.867. The Bertz CT molecular complexity index is 57.3. The van der Waals surface area contributed by atoms with E-state index in [1.807, 2.05) is 13.0 Å². The zero-order valence-electron chi connectivity index (χ0n) is 6.06. The van der Waals surface area contributed by atoms with Crippen molar-refractivity contribution in [2.24, 2.45) is 0 Å². The summed E-state index contributed by atoms with van der Waals surface area (Å²) >= 11 is 0. The molecule has 0 saturated carbocycles. The van der Waals surface area contributed by atoms with Crippen molar-refractivity contribution in [3.05, 3.63) is 39.3 Å². The molecule has 1 radical (unpaired) electrons. The van der Waals surface area contributed by atoms with Crippen molar-refractivity contribution in [2.45, 2.75) is 6.92 Å². The van der Waals surface area contributed by atoms with Crippen LogP contribution in [0.25, 0.3) is 0 Å². The Hall–Kier alpha value is 0.0203. The summed E-state index contributed by atoms with van der Waals surface area (Å²) in [4.78, 5) is 0. The standard InChI is InChI=1S/C5H8O.2CH3.Au/c1-2-3-4-5-6;;;/h2-6H,1H3;2*1H3;/q;2*-1;. The van der Waals surface area contributed by atoms with E-state index in [4.69, 9.17) is 5.11 Å². The van der Waals surface area contributed by atoms with Gasteiger partial charge in [-0.1, -0.05) is 12.2 Å². The predicted molar refractivity (Wildman–Crippen MR) is 39.4 cm³/mol. The molecule has 0 fully saturated rings. The van der Waals surface area contributed by atoms with Crippen LogP contribution in [-0.2, 0) is 22.4 Å². The summed E-state index contributed by atoms with van der Waals surface area (Å²) in [6.07, 6.45) is 6.15. The van der Waals surface area contributed by atoms with Crippen LogP contribution >= 0.6 is 0 Å². The van der Waals surface area contributed by atoms with E-state index in [0.717, 1.165) is 6.26 Å². The Balaban J connectivity index is -0.0000000417. The molecule has 0 saturated heterocycles. The van der Waals surface area contributed by atoms with E-state index >= 15 is 0 Å². The zero-order valence-corrected chi connectivity index (χ0v) is 8.22. The molecule has 1 nitrogen and oxygen atoms in total. The van der Waals surface area contributed by atoms with E-state index in [2.05, 4.69) is 0 Å². The van der Waals surface area contributed by atoms with Crippen molar-refractivity contribution in [1.82, 2.24) is 0 Å². The second kappa shape index (κ2) is 24.5. The van der Waals surface area contributed by atoms with E-state index in [0.29, 0.717) is 0 Å². The van der Waals surface area contributed by atoms with Gasteiger partial charge in [-0.25, -0.2) is 0 Å². The molecule has 9 heavy (non-hydrogen) atoms. The Morgan fingerprint density at radius 3 is 1.67 bits per heavy atom. The topological polar surface area (TPSA) is 20.2 Å². The van der Waals surface area contributed by atoms with Gasteiger partial charge in [0, 0.05) is 22.4 Å². The summed E-state index contributed by atoms with van der Waals surface area (Å²) in [7, 11) is 0. The predicted octanol–water partition coefficient (Wildman–Crippen LogP) is 2.53. The molecule has 0 rings (SSSR count). The molecule has 0 aliphatic heterocycles. The molecule has 0 aliphatic carbocycles. The minimum atomic E-state index is 0. The first kappa shape index (κ1) is 23.0. The maximum atomic E-state index is 7.97. The van der Waals surface area contributed by atoms with Crippen LogP contribution in [0.1, 0.15) is 6.92 Å². The van der Waals surface area contributed by atoms with Gasteiger partial charge in [-0.05, 0) is 13.0 Å². The van der Waals surface area contributed by atoms with Crippen LogP contribution in [0.3, 0.4) is 0 Å². The van der Waals surface area contributed by atoms with Gasteiger partial charge in [0.15, 0.2) is 0 Å². The monoisotopic (exact) mass is 311 g/mol. The summed E-state index contributed by atoms with van der Waals surface area (Å²) in [6, 6.07) is 0. The number of hydrogen-bond acceptors (Lipinski definition) is 1. The molecule has 0 amide bonds. The number of rotatable bonds is 1. The average molecular weight is 311 g/mol. The fraction of sp³-hybridized carbons (Fsp3) is 0.143. The molecule has 0 heterocycles. The van der Waals surface area contributed by atoms with E-state index in [9.17, 15) is 0 Å². The number of allylic oxidation sites excluding steroid dienone is 3. The van der Waals surface area contributed by atoms with Gasteiger partial charge in [-0.2, -0.15) is 0 Å². The van der Waals surface area contributed by atoms with Crippen molar-refractivity contribution in [3.63, 3.8) is 0 Å². The minimum Gasteiger partial charge on any atom is -0.516 e. The summed E-state index contributed by atoms with van der Waals surface area (Å²) in [5, 5.41) is 7.97. The molecule has 0 aromatic rings. The molecule has 0 bridgehead atoms. The van der Waals surface area contributed by atoms with Crippen LogP contribution in [0.5, 0.6) is 0 Å². The molecular formula is C7H14AuO-2. The number of aliphatic hydroxyl groups excluding tert-OH is 1. The van der Waals surface area contributed by atoms with Gasteiger partial charge in [-0.15, -0.1) is 0 Å². The largest absolute Gasteiger partial charge is 0.516 e. The summed E-state index contributed by atoms with van der Waals surface area (Å²) in [6.45, 7) is 1.89. The molecule has 0 aromatic carbocycles. The molecule has 2 heteroatoms. The molecule has 0 aromatic heterocycles. The average Bonchev–Trinajstić information content (AvgIpc) is 1.61. The first-order valence-corrected chi connectivity index (χ1v) is 1.84. The molecule has 0 unspecified atom stereocenters. The van der Waals surface area contributed by atoms with Gasteiger partial charge >= 0.3 is 0 Å². The SMILES string of the molecule is CC=CC=CO.[Au].[CH3-].[CH3-]. The Labute approximate surface area is 74.0 Å². The van der Waals surface area contributed by atoms with Crippen LogP contribution in [-0.4, -0.2) is 5.11 Å². The van der Waals surface area contributed by atoms with Crippen LogP contribution in [0.2, 0.25) is 0 Å². The Morgan fingerprint density at radius 1 is 1.11 bits per heavy atom. The van der Waals surface area contributed by atoms with E-state index in [1.165, 1.54) is 0 Å².